The zero-order chi connectivity index (χ0) is 15.8. The van der Waals surface area contributed by atoms with E-state index < -0.39 is 0 Å². The van der Waals surface area contributed by atoms with Crippen LogP contribution in [0, 0.1) is 0 Å². The number of thiazole rings is 1. The molecule has 1 atom stereocenters. The number of aliphatic hydroxyl groups is 1. The van der Waals surface area contributed by atoms with Crippen LogP contribution in [0.5, 0.6) is 0 Å². The van der Waals surface area contributed by atoms with Crippen molar-refractivity contribution in [3.8, 4) is 0 Å². The van der Waals surface area contributed by atoms with Gasteiger partial charge < -0.3 is 10.0 Å². The van der Waals surface area contributed by atoms with Crippen LogP contribution in [0.3, 0.4) is 0 Å². The minimum Gasteiger partial charge on any atom is -0.392 e. The second-order valence-corrected chi connectivity index (χ2v) is 7.37. The molecule has 0 radical (unpaired) electrons. The van der Waals surface area contributed by atoms with Gasteiger partial charge in [-0.3, -0.25) is 14.1 Å². The van der Waals surface area contributed by atoms with Gasteiger partial charge in [0.1, 0.15) is 0 Å². The molecule has 2 aromatic rings. The van der Waals surface area contributed by atoms with Crippen molar-refractivity contribution in [1.82, 2.24) is 19.2 Å². The van der Waals surface area contributed by atoms with E-state index in [2.05, 4.69) is 9.88 Å². The van der Waals surface area contributed by atoms with E-state index in [9.17, 15) is 9.90 Å². The van der Waals surface area contributed by atoms with E-state index in [1.807, 2.05) is 20.9 Å². The molecule has 4 heterocycles. The highest BCUT2D eigenvalue weighted by Crippen LogP contribution is 2.23. The quantitative estimate of drug-likeness (QED) is 0.926. The summed E-state index contributed by atoms with van der Waals surface area (Å²) in [7, 11) is 0. The molecule has 0 aromatic carbocycles. The summed E-state index contributed by atoms with van der Waals surface area (Å²) in [4.78, 5) is 22.5. The molecule has 2 aromatic heterocycles. The average molecular weight is 334 g/mol. The minimum atomic E-state index is -0.257. The smallest absolute Gasteiger partial charge is 0.274 e. The van der Waals surface area contributed by atoms with Gasteiger partial charge in [-0.15, -0.1) is 11.3 Å². The van der Waals surface area contributed by atoms with Crippen molar-refractivity contribution in [3.63, 3.8) is 0 Å². The predicted octanol–water partition coefficient (Wildman–Crippen LogP) is 1.59. The van der Waals surface area contributed by atoms with E-state index in [0.717, 1.165) is 56.0 Å². The number of aliphatic hydroxyl groups excluding tert-OH is 1. The Morgan fingerprint density at radius 3 is 2.91 bits per heavy atom. The molecule has 1 N–H and O–H groups in total. The van der Waals surface area contributed by atoms with Gasteiger partial charge in [-0.05, 0) is 32.2 Å². The third-order valence-corrected chi connectivity index (χ3v) is 5.57. The monoisotopic (exact) mass is 334 g/mol. The van der Waals surface area contributed by atoms with Crippen molar-refractivity contribution in [2.24, 2.45) is 0 Å². The molecule has 0 spiro atoms. The zero-order valence-corrected chi connectivity index (χ0v) is 14.0. The number of hydrogen-bond acceptors (Lipinski definition) is 5. The maximum Gasteiger partial charge on any atom is 0.274 e. The van der Waals surface area contributed by atoms with Crippen LogP contribution >= 0.6 is 11.3 Å². The maximum absolute atomic E-state index is 12.8. The molecule has 124 valence electrons. The van der Waals surface area contributed by atoms with Crippen LogP contribution < -0.4 is 0 Å². The number of hydrogen-bond donors (Lipinski definition) is 1. The molecule has 0 aliphatic carbocycles. The van der Waals surface area contributed by atoms with Crippen molar-refractivity contribution < 1.29 is 9.90 Å². The van der Waals surface area contributed by atoms with E-state index in [4.69, 9.17) is 0 Å². The largest absolute Gasteiger partial charge is 0.392 e. The van der Waals surface area contributed by atoms with Gasteiger partial charge >= 0.3 is 0 Å². The number of nitrogens with zero attached hydrogens (tertiary/aromatic N) is 4. The lowest BCUT2D eigenvalue weighted by atomic mass is 10.1. The number of carbonyl (C=O) groups is 1. The molecule has 0 unspecified atom stereocenters. The Hall–Kier alpha value is -1.44. The standard InChI is InChI=1S/C16H22N4O2S/c21-12-4-3-5-18(10-12)11-13-14(15(22)19-6-1-2-7-19)17-16-20(13)8-9-23-16/h8-9,12,21H,1-7,10-11H2/t12-/m0/s1. The Morgan fingerprint density at radius 2 is 2.13 bits per heavy atom. The summed E-state index contributed by atoms with van der Waals surface area (Å²) in [6.45, 7) is 3.99. The lowest BCUT2D eigenvalue weighted by Gasteiger charge is -2.30. The molecule has 7 heteroatoms. The molecular weight excluding hydrogens is 312 g/mol. The fourth-order valence-corrected chi connectivity index (χ4v) is 4.34. The van der Waals surface area contributed by atoms with Gasteiger partial charge in [0, 0.05) is 37.8 Å². The number of fused-ring (bicyclic) bond motifs is 1. The highest BCUT2D eigenvalue weighted by Gasteiger charge is 2.28. The highest BCUT2D eigenvalue weighted by molar-refractivity contribution is 7.15. The lowest BCUT2D eigenvalue weighted by Crippen LogP contribution is -2.38. The molecule has 1 amide bonds. The summed E-state index contributed by atoms with van der Waals surface area (Å²) in [5.74, 6) is 0.0611. The van der Waals surface area contributed by atoms with Gasteiger partial charge in [0.2, 0.25) is 0 Å². The Bertz CT molecular complexity index is 704. The first-order chi connectivity index (χ1) is 11.2. The van der Waals surface area contributed by atoms with Crippen molar-refractivity contribution in [1.29, 1.82) is 0 Å². The molecular formula is C16H22N4O2S. The fourth-order valence-electron chi connectivity index (χ4n) is 3.61. The van der Waals surface area contributed by atoms with Crippen molar-refractivity contribution >= 4 is 22.2 Å². The van der Waals surface area contributed by atoms with E-state index in [1.54, 1.807) is 11.3 Å². The van der Waals surface area contributed by atoms with E-state index in [0.29, 0.717) is 18.8 Å². The molecule has 2 fully saturated rings. The van der Waals surface area contributed by atoms with Gasteiger partial charge in [-0.2, -0.15) is 0 Å². The minimum absolute atomic E-state index is 0.0611. The molecule has 2 saturated heterocycles. The first-order valence-electron chi connectivity index (χ1n) is 8.36. The Labute approximate surface area is 139 Å². The third kappa shape index (κ3) is 2.88. The van der Waals surface area contributed by atoms with Crippen molar-refractivity contribution in [3.05, 3.63) is 23.0 Å². The molecule has 6 nitrogen and oxygen atoms in total. The Morgan fingerprint density at radius 1 is 1.30 bits per heavy atom. The van der Waals surface area contributed by atoms with E-state index in [-0.39, 0.29) is 12.0 Å². The third-order valence-electron chi connectivity index (χ3n) is 4.81. The first-order valence-corrected chi connectivity index (χ1v) is 9.24. The van der Waals surface area contributed by atoms with Gasteiger partial charge in [-0.25, -0.2) is 4.98 Å². The number of rotatable bonds is 3. The van der Waals surface area contributed by atoms with E-state index in [1.165, 1.54) is 0 Å². The lowest BCUT2D eigenvalue weighted by molar-refractivity contribution is 0.0653. The number of amides is 1. The van der Waals surface area contributed by atoms with Crippen LogP contribution in [0.4, 0.5) is 0 Å². The fraction of sp³-hybridized carbons (Fsp3) is 0.625. The van der Waals surface area contributed by atoms with Gasteiger partial charge in [0.05, 0.1) is 11.8 Å². The topological polar surface area (TPSA) is 61.1 Å². The van der Waals surface area contributed by atoms with E-state index >= 15 is 0 Å². The highest BCUT2D eigenvalue weighted by atomic mass is 32.1. The Balaban J connectivity index is 1.64. The SMILES string of the molecule is O=C(c1nc2sccn2c1CN1CCC[C@H](O)C1)N1CCCC1. The number of aromatic nitrogens is 2. The second kappa shape index (κ2) is 6.22. The molecule has 2 aliphatic heterocycles. The maximum atomic E-state index is 12.8. The summed E-state index contributed by atoms with van der Waals surface area (Å²) in [5.41, 5.74) is 1.56. The van der Waals surface area contributed by atoms with Crippen LogP contribution in [0.25, 0.3) is 4.96 Å². The molecule has 4 rings (SSSR count). The van der Waals surface area contributed by atoms with Gasteiger partial charge in [-0.1, -0.05) is 0 Å². The van der Waals surface area contributed by atoms with Crippen LogP contribution in [0.1, 0.15) is 41.9 Å². The van der Waals surface area contributed by atoms with Crippen molar-refractivity contribution in [2.45, 2.75) is 38.3 Å². The summed E-state index contributed by atoms with van der Waals surface area (Å²) in [6.07, 6.45) is 5.78. The van der Waals surface area contributed by atoms with Crippen molar-refractivity contribution in [2.75, 3.05) is 26.2 Å². The summed E-state index contributed by atoms with van der Waals surface area (Å²) in [5, 5.41) is 11.9. The number of carbonyl (C=O) groups excluding carboxylic acids is 1. The summed E-state index contributed by atoms with van der Waals surface area (Å²) in [6, 6.07) is 0. The summed E-state index contributed by atoms with van der Waals surface area (Å²) < 4.78 is 2.04. The van der Waals surface area contributed by atoms with Crippen LogP contribution in [-0.4, -0.2) is 62.5 Å². The second-order valence-electron chi connectivity index (χ2n) is 6.49. The molecule has 2 aliphatic rings. The van der Waals surface area contributed by atoms with Gasteiger partial charge in [0.15, 0.2) is 10.7 Å². The number of likely N-dealkylation sites (tertiary alicyclic amines) is 2. The van der Waals surface area contributed by atoms with Crippen LogP contribution in [0.2, 0.25) is 0 Å². The predicted molar refractivity (Wildman–Crippen MR) is 88.7 cm³/mol. The number of imidazole rings is 1. The molecule has 23 heavy (non-hydrogen) atoms. The molecule has 0 bridgehead atoms. The number of piperidine rings is 1. The normalized spacial score (nSPS) is 23.0. The van der Waals surface area contributed by atoms with Crippen LogP contribution in [-0.2, 0) is 6.54 Å². The van der Waals surface area contributed by atoms with Gasteiger partial charge in [0.25, 0.3) is 5.91 Å². The Kier molecular flexibility index (Phi) is 4.09. The molecule has 0 saturated carbocycles. The van der Waals surface area contributed by atoms with Crippen LogP contribution in [0.15, 0.2) is 11.6 Å². The summed E-state index contributed by atoms with van der Waals surface area (Å²) >= 11 is 1.56. The average Bonchev–Trinajstić information content (AvgIpc) is 3.25. The zero-order valence-electron chi connectivity index (χ0n) is 13.1. The number of β-amino-alcohol motifs (C(OH)–C–C–N with tert-alkyl or cyclic N) is 1. The first kappa shape index (κ1) is 15.1.